The zero-order valence-corrected chi connectivity index (χ0v) is 20.8. The van der Waals surface area contributed by atoms with E-state index in [2.05, 4.69) is 96.8 Å². The molecule has 1 amide bonds. The van der Waals surface area contributed by atoms with Crippen molar-refractivity contribution in [2.24, 2.45) is 5.73 Å². The summed E-state index contributed by atoms with van der Waals surface area (Å²) in [6, 6.07) is 37.3. The maximum atomic E-state index is 11.5. The monoisotopic (exact) mass is 478 g/mol. The number of carbonyl (C=O) groups is 1. The van der Waals surface area contributed by atoms with E-state index in [1.165, 1.54) is 22.3 Å². The Balaban J connectivity index is 1.48. The highest BCUT2D eigenvalue weighted by molar-refractivity contribution is 5.93. The van der Waals surface area contributed by atoms with Gasteiger partial charge in [-0.3, -0.25) is 9.69 Å². The van der Waals surface area contributed by atoms with Gasteiger partial charge in [0.05, 0.1) is 6.61 Å². The first kappa shape index (κ1) is 25.2. The number of hydrogen-bond acceptors (Lipinski definition) is 3. The smallest absolute Gasteiger partial charge is 0.248 e. The lowest BCUT2D eigenvalue weighted by Crippen LogP contribution is -2.30. The van der Waals surface area contributed by atoms with Crippen molar-refractivity contribution in [1.29, 1.82) is 0 Å². The summed E-state index contributed by atoms with van der Waals surface area (Å²) >= 11 is 0. The first-order chi connectivity index (χ1) is 17.6. The van der Waals surface area contributed by atoms with Crippen LogP contribution in [-0.2, 0) is 6.54 Å². The summed E-state index contributed by atoms with van der Waals surface area (Å²) in [5.74, 6) is 0.492. The molecule has 4 aromatic carbocycles. The van der Waals surface area contributed by atoms with Crippen LogP contribution in [0.4, 0.5) is 0 Å². The van der Waals surface area contributed by atoms with Gasteiger partial charge in [-0.1, -0.05) is 96.6 Å². The van der Waals surface area contributed by atoms with Gasteiger partial charge in [0.15, 0.2) is 0 Å². The van der Waals surface area contributed by atoms with E-state index in [1.54, 1.807) is 18.2 Å². The van der Waals surface area contributed by atoms with Crippen LogP contribution in [0, 0.1) is 6.92 Å². The average molecular weight is 479 g/mol. The minimum absolute atomic E-state index is 0.269. The average Bonchev–Trinajstić information content (AvgIpc) is 2.92. The van der Waals surface area contributed by atoms with Crippen molar-refractivity contribution in [1.82, 2.24) is 4.90 Å². The van der Waals surface area contributed by atoms with Crippen LogP contribution in [0.2, 0.25) is 0 Å². The summed E-state index contributed by atoms with van der Waals surface area (Å²) in [6.07, 6.45) is 0.864. The van der Waals surface area contributed by atoms with Gasteiger partial charge in [0, 0.05) is 31.1 Å². The Morgan fingerprint density at radius 3 is 2.08 bits per heavy atom. The Morgan fingerprint density at radius 2 is 1.47 bits per heavy atom. The highest BCUT2D eigenvalue weighted by Gasteiger charge is 2.18. The molecule has 4 rings (SSSR count). The van der Waals surface area contributed by atoms with Gasteiger partial charge >= 0.3 is 0 Å². The molecule has 0 fully saturated rings. The number of ether oxygens (including phenoxy) is 1. The maximum Gasteiger partial charge on any atom is 0.248 e. The third-order valence-electron chi connectivity index (χ3n) is 6.38. The minimum Gasteiger partial charge on any atom is -0.494 e. The van der Waals surface area contributed by atoms with E-state index in [-0.39, 0.29) is 5.92 Å². The second-order valence-corrected chi connectivity index (χ2v) is 9.19. The number of hydrogen-bond donors (Lipinski definition) is 1. The van der Waals surface area contributed by atoms with E-state index in [0.29, 0.717) is 17.9 Å². The predicted octanol–water partition coefficient (Wildman–Crippen LogP) is 6.20. The van der Waals surface area contributed by atoms with E-state index in [9.17, 15) is 4.79 Å². The normalized spacial score (nSPS) is 11.1. The molecule has 0 unspecified atom stereocenters. The molecule has 0 spiro atoms. The molecule has 184 valence electrons. The number of carbonyl (C=O) groups excluding carboxylic acids is 1. The van der Waals surface area contributed by atoms with E-state index < -0.39 is 5.91 Å². The van der Waals surface area contributed by atoms with Gasteiger partial charge in [0.1, 0.15) is 5.75 Å². The van der Waals surface area contributed by atoms with Crippen LogP contribution in [-0.4, -0.2) is 30.5 Å². The maximum absolute atomic E-state index is 11.5. The summed E-state index contributed by atoms with van der Waals surface area (Å²) in [5, 5.41) is 0. The quantitative estimate of drug-likeness (QED) is 0.247. The molecule has 4 heteroatoms. The summed E-state index contributed by atoms with van der Waals surface area (Å²) in [6.45, 7) is 5.34. The fourth-order valence-electron chi connectivity index (χ4n) is 4.44. The molecule has 0 aliphatic heterocycles. The standard InChI is InChI=1S/C32H34N2O2/c1-25-16-18-26(19-17-25)23-34(20-9-21-36-30-15-8-14-29(22-30)32(33)35)24-31(27-10-4-2-5-11-27)28-12-6-3-7-13-28/h2-8,10-19,22,31H,9,20-21,23-24H2,1H3,(H2,33,35). The van der Waals surface area contributed by atoms with Crippen LogP contribution in [0.3, 0.4) is 0 Å². The molecule has 0 atom stereocenters. The van der Waals surface area contributed by atoms with E-state index in [1.807, 2.05) is 6.07 Å². The van der Waals surface area contributed by atoms with Gasteiger partial charge < -0.3 is 10.5 Å². The molecular formula is C32H34N2O2. The third kappa shape index (κ3) is 7.30. The molecule has 0 saturated heterocycles. The Kier molecular flexibility index (Phi) is 8.90. The first-order valence-corrected chi connectivity index (χ1v) is 12.5. The van der Waals surface area contributed by atoms with Gasteiger partial charge in [-0.15, -0.1) is 0 Å². The number of rotatable bonds is 12. The van der Waals surface area contributed by atoms with Gasteiger partial charge in [-0.2, -0.15) is 0 Å². The Labute approximate surface area is 214 Å². The van der Waals surface area contributed by atoms with Gasteiger partial charge in [-0.25, -0.2) is 0 Å². The number of amides is 1. The van der Waals surface area contributed by atoms with Crippen molar-refractivity contribution >= 4 is 5.91 Å². The van der Waals surface area contributed by atoms with Crippen LogP contribution in [0.1, 0.15) is 45.0 Å². The molecule has 36 heavy (non-hydrogen) atoms. The zero-order chi connectivity index (χ0) is 25.2. The predicted molar refractivity (Wildman–Crippen MR) is 146 cm³/mol. The molecule has 0 aromatic heterocycles. The van der Waals surface area contributed by atoms with Crippen molar-refractivity contribution < 1.29 is 9.53 Å². The second kappa shape index (κ2) is 12.7. The number of nitrogens with two attached hydrogens (primary N) is 1. The first-order valence-electron chi connectivity index (χ1n) is 12.5. The lowest BCUT2D eigenvalue weighted by atomic mass is 9.90. The van der Waals surface area contributed by atoms with Gasteiger partial charge in [0.2, 0.25) is 5.91 Å². The number of benzene rings is 4. The molecule has 0 radical (unpaired) electrons. The molecule has 2 N–H and O–H groups in total. The topological polar surface area (TPSA) is 55.6 Å². The Hall–Kier alpha value is -3.89. The lowest BCUT2D eigenvalue weighted by Gasteiger charge is -2.28. The third-order valence-corrected chi connectivity index (χ3v) is 6.38. The van der Waals surface area contributed by atoms with Gasteiger partial charge in [-0.05, 0) is 48.2 Å². The van der Waals surface area contributed by atoms with Crippen LogP contribution >= 0.6 is 0 Å². The van der Waals surface area contributed by atoms with Crippen molar-refractivity contribution in [3.8, 4) is 5.75 Å². The highest BCUT2D eigenvalue weighted by atomic mass is 16.5. The molecule has 4 nitrogen and oxygen atoms in total. The number of aryl methyl sites for hydroxylation is 1. The fraction of sp³-hybridized carbons (Fsp3) is 0.219. The fourth-order valence-corrected chi connectivity index (χ4v) is 4.44. The summed E-state index contributed by atoms with van der Waals surface area (Å²) in [7, 11) is 0. The van der Waals surface area contributed by atoms with Crippen molar-refractivity contribution in [3.63, 3.8) is 0 Å². The van der Waals surface area contributed by atoms with Crippen LogP contribution < -0.4 is 10.5 Å². The molecule has 0 aliphatic carbocycles. The summed E-state index contributed by atoms with van der Waals surface area (Å²) < 4.78 is 5.95. The Morgan fingerprint density at radius 1 is 0.833 bits per heavy atom. The molecule has 0 aliphatic rings. The number of primary amides is 1. The lowest BCUT2D eigenvalue weighted by molar-refractivity contribution is 0.1000. The van der Waals surface area contributed by atoms with Crippen LogP contribution in [0.25, 0.3) is 0 Å². The summed E-state index contributed by atoms with van der Waals surface area (Å²) in [4.78, 5) is 14.0. The van der Waals surface area contributed by atoms with Crippen molar-refractivity contribution in [2.75, 3.05) is 19.7 Å². The highest BCUT2D eigenvalue weighted by Crippen LogP contribution is 2.26. The molecule has 4 aromatic rings. The second-order valence-electron chi connectivity index (χ2n) is 9.19. The van der Waals surface area contributed by atoms with E-state index >= 15 is 0 Å². The van der Waals surface area contributed by atoms with Crippen LogP contribution in [0.15, 0.2) is 109 Å². The number of nitrogens with zero attached hydrogens (tertiary/aromatic N) is 1. The van der Waals surface area contributed by atoms with Crippen LogP contribution in [0.5, 0.6) is 5.75 Å². The van der Waals surface area contributed by atoms with Crippen molar-refractivity contribution in [2.45, 2.75) is 25.8 Å². The minimum atomic E-state index is -0.447. The molecule has 0 bridgehead atoms. The molecule has 0 saturated carbocycles. The largest absolute Gasteiger partial charge is 0.494 e. The SMILES string of the molecule is Cc1ccc(CN(CCCOc2cccc(C(N)=O)c2)CC(c2ccccc2)c2ccccc2)cc1. The van der Waals surface area contributed by atoms with Crippen molar-refractivity contribution in [3.05, 3.63) is 137 Å². The molecular weight excluding hydrogens is 444 g/mol. The van der Waals surface area contributed by atoms with Gasteiger partial charge in [0.25, 0.3) is 0 Å². The Bertz CT molecular complexity index is 1180. The molecule has 0 heterocycles. The van der Waals surface area contributed by atoms with E-state index in [4.69, 9.17) is 10.5 Å². The zero-order valence-electron chi connectivity index (χ0n) is 20.8. The van der Waals surface area contributed by atoms with E-state index in [0.717, 1.165) is 26.1 Å². The summed E-state index contributed by atoms with van der Waals surface area (Å²) in [5.41, 5.74) is 11.1.